The fourth-order valence-corrected chi connectivity index (χ4v) is 0.790. The van der Waals surface area contributed by atoms with Gasteiger partial charge in [0.15, 0.2) is 0 Å². The van der Waals surface area contributed by atoms with Crippen LogP contribution < -0.4 is 5.32 Å². The van der Waals surface area contributed by atoms with Crippen LogP contribution in [0.2, 0.25) is 0 Å². The zero-order valence-electron chi connectivity index (χ0n) is 6.97. The van der Waals surface area contributed by atoms with Gasteiger partial charge in [0.2, 0.25) is 0 Å². The Hall–Kier alpha value is -0.500. The van der Waals surface area contributed by atoms with E-state index < -0.39 is 0 Å². The molecule has 0 radical (unpaired) electrons. The second-order valence-corrected chi connectivity index (χ2v) is 2.76. The zero-order valence-corrected chi connectivity index (χ0v) is 8.56. The predicted octanol–water partition coefficient (Wildman–Crippen LogP) is 2.96. The summed E-state index contributed by atoms with van der Waals surface area (Å²) in [6, 6.07) is 0. The molecule has 0 aliphatic rings. The van der Waals surface area contributed by atoms with Crippen LogP contribution in [0.1, 0.15) is 13.8 Å². The molecule has 0 heterocycles. The van der Waals surface area contributed by atoms with Crippen LogP contribution in [0.3, 0.4) is 0 Å². The molecule has 0 rings (SSSR count). The highest BCUT2D eigenvalue weighted by Crippen LogP contribution is 1.91. The van der Waals surface area contributed by atoms with Gasteiger partial charge in [-0.1, -0.05) is 34.2 Å². The van der Waals surface area contributed by atoms with Crippen LogP contribution >= 0.6 is 15.9 Å². The molecule has 0 spiro atoms. The van der Waals surface area contributed by atoms with E-state index in [9.17, 15) is 0 Å². The summed E-state index contributed by atoms with van der Waals surface area (Å²) in [4.78, 5) is 0. The van der Waals surface area contributed by atoms with Gasteiger partial charge >= 0.3 is 0 Å². The van der Waals surface area contributed by atoms with Gasteiger partial charge in [0.1, 0.15) is 0 Å². The van der Waals surface area contributed by atoms with Crippen LogP contribution in [0.4, 0.5) is 0 Å². The van der Waals surface area contributed by atoms with Crippen molar-refractivity contribution in [2.24, 2.45) is 0 Å². The molecule has 0 aliphatic heterocycles. The van der Waals surface area contributed by atoms with E-state index >= 15 is 0 Å². The van der Waals surface area contributed by atoms with Gasteiger partial charge < -0.3 is 5.32 Å². The van der Waals surface area contributed by atoms with Crippen molar-refractivity contribution in [3.05, 3.63) is 36.2 Å². The smallest absolute Gasteiger partial charge is 0.0229 e. The normalized spacial score (nSPS) is 13.2. The molecule has 1 N–H and O–H groups in total. The highest BCUT2D eigenvalue weighted by Gasteiger charge is 1.75. The molecule has 0 saturated heterocycles. The summed E-state index contributed by atoms with van der Waals surface area (Å²) in [5.41, 5.74) is 1.21. The summed E-state index contributed by atoms with van der Waals surface area (Å²) in [6.07, 6.45) is 9.93. The maximum absolute atomic E-state index is 3.29. The molecule has 0 saturated carbocycles. The second-order valence-electron chi connectivity index (χ2n) is 2.11. The van der Waals surface area contributed by atoms with Crippen LogP contribution in [0.15, 0.2) is 36.2 Å². The summed E-state index contributed by atoms with van der Waals surface area (Å²) < 4.78 is 0. The lowest BCUT2D eigenvalue weighted by Crippen LogP contribution is -1.92. The van der Waals surface area contributed by atoms with E-state index in [0.717, 1.165) is 5.33 Å². The van der Waals surface area contributed by atoms with Gasteiger partial charge in [0, 0.05) is 11.5 Å². The van der Waals surface area contributed by atoms with Crippen molar-refractivity contribution in [2.75, 3.05) is 5.33 Å². The average Bonchev–Trinajstić information content (AvgIpc) is 1.99. The SMILES string of the molecule is C/C=C/C(C)=C\N/C=C/CBr. The number of halogens is 1. The minimum absolute atomic E-state index is 0.885. The van der Waals surface area contributed by atoms with Crippen LogP contribution in [0, 0.1) is 0 Å². The molecular weight excluding hydrogens is 202 g/mol. The Morgan fingerprint density at radius 1 is 1.55 bits per heavy atom. The summed E-state index contributed by atoms with van der Waals surface area (Å²) in [7, 11) is 0. The molecule has 0 bridgehead atoms. The largest absolute Gasteiger partial charge is 0.368 e. The van der Waals surface area contributed by atoms with E-state index in [1.54, 1.807) is 0 Å². The Morgan fingerprint density at radius 3 is 2.82 bits per heavy atom. The highest BCUT2D eigenvalue weighted by atomic mass is 79.9. The second kappa shape index (κ2) is 7.61. The zero-order chi connectivity index (χ0) is 8.53. The lowest BCUT2D eigenvalue weighted by Gasteiger charge is -1.91. The van der Waals surface area contributed by atoms with E-state index in [1.807, 2.05) is 31.5 Å². The van der Waals surface area contributed by atoms with Crippen LogP contribution in [-0.4, -0.2) is 5.33 Å². The number of allylic oxidation sites excluding steroid dienone is 4. The van der Waals surface area contributed by atoms with Crippen molar-refractivity contribution < 1.29 is 0 Å². The Bertz CT molecular complexity index is 168. The first kappa shape index (κ1) is 10.5. The number of hydrogen-bond acceptors (Lipinski definition) is 1. The molecule has 0 unspecified atom stereocenters. The molecule has 0 aromatic rings. The van der Waals surface area contributed by atoms with Gasteiger partial charge in [0.25, 0.3) is 0 Å². The van der Waals surface area contributed by atoms with Crippen molar-refractivity contribution in [2.45, 2.75) is 13.8 Å². The summed E-state index contributed by atoms with van der Waals surface area (Å²) in [6.45, 7) is 4.06. The lowest BCUT2D eigenvalue weighted by atomic mass is 10.3. The number of nitrogens with one attached hydrogen (secondary N) is 1. The number of alkyl halides is 1. The van der Waals surface area contributed by atoms with E-state index in [4.69, 9.17) is 0 Å². The fourth-order valence-electron chi connectivity index (χ4n) is 0.603. The topological polar surface area (TPSA) is 12.0 Å². The molecule has 2 heteroatoms. The molecule has 0 aromatic carbocycles. The molecule has 62 valence electrons. The number of rotatable bonds is 4. The molecule has 0 aromatic heterocycles. The first-order valence-corrected chi connectivity index (χ1v) is 4.70. The maximum atomic E-state index is 3.29. The Kier molecular flexibility index (Phi) is 7.26. The molecule has 11 heavy (non-hydrogen) atoms. The highest BCUT2D eigenvalue weighted by molar-refractivity contribution is 9.09. The third-order valence-corrected chi connectivity index (χ3v) is 1.42. The van der Waals surface area contributed by atoms with Crippen molar-refractivity contribution in [3.8, 4) is 0 Å². The third-order valence-electron chi connectivity index (χ3n) is 1.04. The Labute approximate surface area is 77.0 Å². The van der Waals surface area contributed by atoms with Crippen LogP contribution in [0.25, 0.3) is 0 Å². The van der Waals surface area contributed by atoms with E-state index in [1.165, 1.54) is 5.57 Å². The van der Waals surface area contributed by atoms with Crippen LogP contribution in [0.5, 0.6) is 0 Å². The van der Waals surface area contributed by atoms with Gasteiger partial charge in [-0.2, -0.15) is 0 Å². The molecular formula is C9H14BrN. The predicted molar refractivity (Wildman–Crippen MR) is 54.6 cm³/mol. The van der Waals surface area contributed by atoms with E-state index in [-0.39, 0.29) is 0 Å². The summed E-state index contributed by atoms with van der Waals surface area (Å²) in [5.74, 6) is 0. The quantitative estimate of drug-likeness (QED) is 0.562. The van der Waals surface area contributed by atoms with Crippen molar-refractivity contribution in [3.63, 3.8) is 0 Å². The lowest BCUT2D eigenvalue weighted by molar-refractivity contribution is 1.16. The van der Waals surface area contributed by atoms with Gasteiger partial charge in [0.05, 0.1) is 0 Å². The standard InChI is InChI=1S/C9H14BrN/c1-3-5-9(2)8-11-7-4-6-10/h3-5,7-8,11H,6H2,1-2H3/b5-3+,7-4+,9-8-. The minimum atomic E-state index is 0.885. The van der Waals surface area contributed by atoms with Crippen molar-refractivity contribution in [1.29, 1.82) is 0 Å². The third kappa shape index (κ3) is 7.40. The van der Waals surface area contributed by atoms with Gasteiger partial charge in [-0.3, -0.25) is 0 Å². The van der Waals surface area contributed by atoms with Gasteiger partial charge in [-0.15, -0.1) is 0 Å². The molecule has 0 atom stereocenters. The molecule has 1 nitrogen and oxygen atoms in total. The van der Waals surface area contributed by atoms with Crippen molar-refractivity contribution >= 4 is 15.9 Å². The monoisotopic (exact) mass is 215 g/mol. The Balaban J connectivity index is 3.64. The summed E-state index contributed by atoms with van der Waals surface area (Å²) >= 11 is 3.29. The van der Waals surface area contributed by atoms with Gasteiger partial charge in [-0.25, -0.2) is 0 Å². The summed E-state index contributed by atoms with van der Waals surface area (Å²) in [5, 5.41) is 3.93. The molecule has 0 amide bonds. The molecule has 0 fully saturated rings. The minimum Gasteiger partial charge on any atom is -0.368 e. The van der Waals surface area contributed by atoms with Crippen LogP contribution in [-0.2, 0) is 0 Å². The average molecular weight is 216 g/mol. The Morgan fingerprint density at radius 2 is 2.27 bits per heavy atom. The molecule has 0 aliphatic carbocycles. The van der Waals surface area contributed by atoms with Crippen molar-refractivity contribution in [1.82, 2.24) is 5.32 Å². The first-order chi connectivity index (χ1) is 5.31. The first-order valence-electron chi connectivity index (χ1n) is 3.57. The van der Waals surface area contributed by atoms with Gasteiger partial charge in [-0.05, 0) is 25.6 Å². The maximum Gasteiger partial charge on any atom is 0.0229 e. The number of hydrogen-bond donors (Lipinski definition) is 1. The van der Waals surface area contributed by atoms with E-state index in [2.05, 4.69) is 34.2 Å². The van der Waals surface area contributed by atoms with E-state index in [0.29, 0.717) is 0 Å². The fraction of sp³-hybridized carbons (Fsp3) is 0.333.